The first-order valence-corrected chi connectivity index (χ1v) is 8.68. The zero-order valence-electron chi connectivity index (χ0n) is 11.7. The molecule has 4 rings (SSSR count). The molecule has 0 atom stereocenters. The van der Waals surface area contributed by atoms with Crippen LogP contribution < -0.4 is 5.32 Å². The molecule has 1 heterocycles. The Morgan fingerprint density at radius 2 is 1.86 bits per heavy atom. The van der Waals surface area contributed by atoms with Gasteiger partial charge in [-0.25, -0.2) is 0 Å². The maximum absolute atomic E-state index is 12.3. The summed E-state index contributed by atoms with van der Waals surface area (Å²) in [5.74, 6) is 0.152. The van der Waals surface area contributed by atoms with E-state index in [1.54, 1.807) is 11.8 Å². The van der Waals surface area contributed by atoms with E-state index in [4.69, 9.17) is 16.6 Å². The maximum Gasteiger partial charge on any atom is 0.242 e. The minimum Gasteiger partial charge on any atom is -0.304 e. The lowest BCUT2D eigenvalue weighted by Gasteiger charge is -2.16. The van der Waals surface area contributed by atoms with Gasteiger partial charge in [-0.15, -0.1) is 0 Å². The van der Waals surface area contributed by atoms with E-state index in [2.05, 4.69) is 5.32 Å². The van der Waals surface area contributed by atoms with Crippen molar-refractivity contribution in [2.75, 3.05) is 0 Å². The van der Waals surface area contributed by atoms with Crippen LogP contribution >= 0.6 is 23.4 Å². The molecule has 0 unspecified atom stereocenters. The Labute approximate surface area is 133 Å². The van der Waals surface area contributed by atoms with Crippen LogP contribution in [-0.2, 0) is 10.3 Å². The standard InChI is InChI=1S/C16H17ClN2OS/c17-12-6-2-1-5-11(12)15(9-10-15)19-14-18-13(20)16(21-14)7-3-4-8-16/h1-2,5-6H,3-4,7-10H2,(H,18,19,20). The van der Waals surface area contributed by atoms with Gasteiger partial charge in [0.15, 0.2) is 5.17 Å². The summed E-state index contributed by atoms with van der Waals surface area (Å²) in [6, 6.07) is 7.90. The highest BCUT2D eigenvalue weighted by Gasteiger charge is 2.51. The molecule has 3 nitrogen and oxygen atoms in total. The number of thioether (sulfide) groups is 1. The lowest BCUT2D eigenvalue weighted by molar-refractivity contribution is -0.121. The van der Waals surface area contributed by atoms with E-state index in [0.29, 0.717) is 0 Å². The Kier molecular flexibility index (Phi) is 3.09. The van der Waals surface area contributed by atoms with Crippen molar-refractivity contribution >= 4 is 34.4 Å². The number of nitrogens with one attached hydrogen (secondary N) is 1. The summed E-state index contributed by atoms with van der Waals surface area (Å²) in [5, 5.41) is 4.56. The second kappa shape index (κ2) is 4.75. The maximum atomic E-state index is 12.3. The summed E-state index contributed by atoms with van der Waals surface area (Å²) in [5.41, 5.74) is 0.874. The number of nitrogens with zero attached hydrogens (tertiary/aromatic N) is 1. The van der Waals surface area contributed by atoms with Gasteiger partial charge >= 0.3 is 0 Å². The van der Waals surface area contributed by atoms with Crippen LogP contribution in [0, 0.1) is 0 Å². The molecule has 1 saturated heterocycles. The van der Waals surface area contributed by atoms with Gasteiger partial charge in [-0.1, -0.05) is 54.4 Å². The molecule has 5 heteroatoms. The van der Waals surface area contributed by atoms with Crippen molar-refractivity contribution < 1.29 is 4.79 Å². The lowest BCUT2D eigenvalue weighted by Crippen LogP contribution is -2.33. The highest BCUT2D eigenvalue weighted by atomic mass is 35.5. The van der Waals surface area contributed by atoms with Crippen molar-refractivity contribution in [3.05, 3.63) is 34.9 Å². The zero-order valence-corrected chi connectivity index (χ0v) is 13.3. The fraction of sp³-hybridized carbons (Fsp3) is 0.500. The Morgan fingerprint density at radius 1 is 1.14 bits per heavy atom. The number of amides is 1. The Balaban J connectivity index is 1.64. The van der Waals surface area contributed by atoms with E-state index in [1.807, 2.05) is 24.3 Å². The molecule has 21 heavy (non-hydrogen) atoms. The molecule has 0 aromatic heterocycles. The second-order valence-electron chi connectivity index (χ2n) is 6.19. The molecule has 0 bridgehead atoms. The van der Waals surface area contributed by atoms with Crippen LogP contribution in [-0.4, -0.2) is 15.8 Å². The van der Waals surface area contributed by atoms with Gasteiger partial charge in [-0.2, -0.15) is 0 Å². The predicted molar refractivity (Wildman–Crippen MR) is 86.7 cm³/mol. The topological polar surface area (TPSA) is 41.5 Å². The number of rotatable bonds is 2. The zero-order chi connectivity index (χ0) is 14.5. The average Bonchev–Trinajstić information content (AvgIpc) is 2.96. The van der Waals surface area contributed by atoms with Crippen LogP contribution in [0.3, 0.4) is 0 Å². The molecule has 3 fully saturated rings. The Bertz CT molecular complexity index is 633. The number of carbonyl (C=O) groups is 1. The molecule has 1 spiro atoms. The quantitative estimate of drug-likeness (QED) is 0.899. The first-order chi connectivity index (χ1) is 10.1. The highest BCUT2D eigenvalue weighted by Crippen LogP contribution is 2.53. The number of halogens is 1. The van der Waals surface area contributed by atoms with Crippen molar-refractivity contribution in [1.82, 2.24) is 5.32 Å². The first kappa shape index (κ1) is 13.6. The molecule has 0 radical (unpaired) electrons. The first-order valence-electron chi connectivity index (χ1n) is 7.49. The van der Waals surface area contributed by atoms with E-state index in [0.717, 1.165) is 54.3 Å². The van der Waals surface area contributed by atoms with E-state index in [9.17, 15) is 4.79 Å². The Hall–Kier alpha value is -1.000. The summed E-state index contributed by atoms with van der Waals surface area (Å²) in [6.07, 6.45) is 6.24. The largest absolute Gasteiger partial charge is 0.304 e. The number of carbonyl (C=O) groups excluding carboxylic acids is 1. The normalized spacial score (nSPS) is 27.3. The predicted octanol–water partition coefficient (Wildman–Crippen LogP) is 3.86. The molecule has 1 aromatic carbocycles. The summed E-state index contributed by atoms with van der Waals surface area (Å²) in [4.78, 5) is 17.2. The van der Waals surface area contributed by atoms with Crippen molar-refractivity contribution in [3.63, 3.8) is 0 Å². The molecule has 110 valence electrons. The van der Waals surface area contributed by atoms with Crippen molar-refractivity contribution in [1.29, 1.82) is 0 Å². The SMILES string of the molecule is O=C1NC(=NC2(c3ccccc3Cl)CC2)SC12CCCC2. The monoisotopic (exact) mass is 320 g/mol. The van der Waals surface area contributed by atoms with Gasteiger partial charge in [-0.3, -0.25) is 9.79 Å². The third-order valence-electron chi connectivity index (χ3n) is 4.75. The number of benzene rings is 1. The van der Waals surface area contributed by atoms with Crippen LogP contribution in [0.25, 0.3) is 0 Å². The molecule has 2 aliphatic carbocycles. The van der Waals surface area contributed by atoms with Gasteiger partial charge in [0.05, 0.1) is 5.54 Å². The fourth-order valence-corrected chi connectivity index (χ4v) is 5.07. The van der Waals surface area contributed by atoms with Gasteiger partial charge in [0.2, 0.25) is 5.91 Å². The van der Waals surface area contributed by atoms with E-state index in [-0.39, 0.29) is 16.2 Å². The summed E-state index contributed by atoms with van der Waals surface area (Å²) in [6.45, 7) is 0. The third-order valence-corrected chi connectivity index (χ3v) is 6.45. The number of hydrogen-bond acceptors (Lipinski definition) is 3. The van der Waals surface area contributed by atoms with Gasteiger partial charge in [0.1, 0.15) is 4.75 Å². The van der Waals surface area contributed by atoms with Gasteiger partial charge < -0.3 is 5.32 Å². The van der Waals surface area contributed by atoms with Gasteiger partial charge in [0.25, 0.3) is 0 Å². The lowest BCUT2D eigenvalue weighted by atomic mass is 10.1. The number of aliphatic imine (C=N–C) groups is 1. The molecule has 3 aliphatic rings. The smallest absolute Gasteiger partial charge is 0.242 e. The second-order valence-corrected chi connectivity index (χ2v) is 7.97. The molecular weight excluding hydrogens is 304 g/mol. The Morgan fingerprint density at radius 3 is 2.52 bits per heavy atom. The minimum atomic E-state index is -0.241. The average molecular weight is 321 g/mol. The highest BCUT2D eigenvalue weighted by molar-refractivity contribution is 8.16. The molecule has 1 aromatic rings. The van der Waals surface area contributed by atoms with Crippen LogP contribution in [0.15, 0.2) is 29.3 Å². The van der Waals surface area contributed by atoms with E-state index < -0.39 is 0 Å². The summed E-state index contributed by atoms with van der Waals surface area (Å²) >= 11 is 7.96. The summed E-state index contributed by atoms with van der Waals surface area (Å²) in [7, 11) is 0. The molecule has 1 amide bonds. The minimum absolute atomic E-state index is 0.152. The van der Waals surface area contributed by atoms with Crippen molar-refractivity contribution in [2.45, 2.75) is 48.8 Å². The fourth-order valence-electron chi connectivity index (χ4n) is 3.39. The summed E-state index contributed by atoms with van der Waals surface area (Å²) < 4.78 is -0.241. The van der Waals surface area contributed by atoms with Crippen molar-refractivity contribution in [2.24, 2.45) is 4.99 Å². The van der Waals surface area contributed by atoms with Crippen LogP contribution in [0.5, 0.6) is 0 Å². The molecular formula is C16H17ClN2OS. The van der Waals surface area contributed by atoms with Crippen LogP contribution in [0.2, 0.25) is 5.02 Å². The van der Waals surface area contributed by atoms with Crippen LogP contribution in [0.4, 0.5) is 0 Å². The molecule has 2 saturated carbocycles. The molecule has 1 N–H and O–H groups in total. The van der Waals surface area contributed by atoms with Crippen molar-refractivity contribution in [3.8, 4) is 0 Å². The van der Waals surface area contributed by atoms with E-state index in [1.165, 1.54) is 0 Å². The molecule has 1 aliphatic heterocycles. The third kappa shape index (κ3) is 2.20. The van der Waals surface area contributed by atoms with Crippen LogP contribution in [0.1, 0.15) is 44.1 Å². The van der Waals surface area contributed by atoms with Gasteiger partial charge in [0, 0.05) is 5.02 Å². The number of amidine groups is 1. The van der Waals surface area contributed by atoms with Gasteiger partial charge in [-0.05, 0) is 37.3 Å². The van der Waals surface area contributed by atoms with E-state index >= 15 is 0 Å². The number of hydrogen-bond donors (Lipinski definition) is 1.